The van der Waals surface area contributed by atoms with Crippen molar-refractivity contribution in [2.24, 2.45) is 0 Å². The first-order valence-electron chi connectivity index (χ1n) is 9.19. The molecule has 0 aliphatic heterocycles. The molecule has 0 saturated carbocycles. The standard InChI is InChI=1S/C15H12FNO3.C7H4FNO2/c16-12-5-6-14-13(7-12)17(15(19)20-14)8-10-3-1-2-4-11(10)9-18;8-4-1-2-6-5(3-4)9-7(10)11-6/h1-7,18H,8-9H2;1-3H,(H,9,10). The maximum absolute atomic E-state index is 13.3. The minimum absolute atomic E-state index is 0.116. The second-order valence-electron chi connectivity index (χ2n) is 6.65. The molecule has 5 rings (SSSR count). The maximum Gasteiger partial charge on any atom is 0.420 e. The topological polar surface area (TPSA) is 101 Å². The molecule has 31 heavy (non-hydrogen) atoms. The fraction of sp³-hybridized carbons (Fsp3) is 0.0909. The molecule has 0 unspecified atom stereocenters. The van der Waals surface area contributed by atoms with E-state index in [4.69, 9.17) is 4.42 Å². The molecule has 0 bridgehead atoms. The van der Waals surface area contributed by atoms with Crippen molar-refractivity contribution < 1.29 is 22.7 Å². The minimum atomic E-state index is -0.564. The van der Waals surface area contributed by atoms with Gasteiger partial charge in [-0.15, -0.1) is 0 Å². The lowest BCUT2D eigenvalue weighted by molar-refractivity contribution is 0.280. The van der Waals surface area contributed by atoms with Crippen LogP contribution in [0.15, 0.2) is 79.1 Å². The van der Waals surface area contributed by atoms with Gasteiger partial charge in [0.1, 0.15) is 11.6 Å². The van der Waals surface area contributed by atoms with Gasteiger partial charge in [-0.3, -0.25) is 9.55 Å². The first kappa shape index (κ1) is 20.3. The number of halogens is 2. The Bertz CT molecular complexity index is 1480. The third-order valence-corrected chi connectivity index (χ3v) is 4.63. The van der Waals surface area contributed by atoms with E-state index in [-0.39, 0.29) is 13.2 Å². The van der Waals surface area contributed by atoms with Crippen LogP contribution in [0.3, 0.4) is 0 Å². The number of aromatic nitrogens is 2. The second kappa shape index (κ2) is 8.41. The summed E-state index contributed by atoms with van der Waals surface area (Å²) in [4.78, 5) is 24.8. The molecule has 5 aromatic rings. The van der Waals surface area contributed by atoms with E-state index in [1.54, 1.807) is 6.07 Å². The average molecular weight is 426 g/mol. The summed E-state index contributed by atoms with van der Waals surface area (Å²) in [6.07, 6.45) is 0. The van der Waals surface area contributed by atoms with Gasteiger partial charge in [-0.05, 0) is 35.4 Å². The molecule has 2 aromatic heterocycles. The zero-order chi connectivity index (χ0) is 22.0. The summed E-state index contributed by atoms with van der Waals surface area (Å²) in [5.41, 5.74) is 3.03. The van der Waals surface area contributed by atoms with E-state index in [1.165, 1.54) is 41.0 Å². The Balaban J connectivity index is 0.000000177. The highest BCUT2D eigenvalue weighted by Gasteiger charge is 2.12. The average Bonchev–Trinajstić information content (AvgIpc) is 3.27. The minimum Gasteiger partial charge on any atom is -0.408 e. The van der Waals surface area contributed by atoms with E-state index in [2.05, 4.69) is 9.40 Å². The number of rotatable bonds is 3. The predicted molar refractivity (Wildman–Crippen MR) is 109 cm³/mol. The normalized spacial score (nSPS) is 10.9. The van der Waals surface area contributed by atoms with Crippen molar-refractivity contribution in [1.82, 2.24) is 9.55 Å². The second-order valence-corrected chi connectivity index (χ2v) is 6.65. The van der Waals surface area contributed by atoms with Crippen LogP contribution in [0.2, 0.25) is 0 Å². The van der Waals surface area contributed by atoms with Crippen LogP contribution >= 0.6 is 0 Å². The summed E-state index contributed by atoms with van der Waals surface area (Å²) in [5, 5.41) is 9.30. The van der Waals surface area contributed by atoms with Crippen LogP contribution in [0.1, 0.15) is 11.1 Å². The number of oxazole rings is 2. The fourth-order valence-electron chi connectivity index (χ4n) is 3.15. The molecule has 0 aliphatic carbocycles. The van der Waals surface area contributed by atoms with Crippen LogP contribution in [0.25, 0.3) is 22.2 Å². The molecule has 2 heterocycles. The summed E-state index contributed by atoms with van der Waals surface area (Å²) >= 11 is 0. The zero-order valence-electron chi connectivity index (χ0n) is 16.0. The van der Waals surface area contributed by atoms with Crippen molar-refractivity contribution in [2.45, 2.75) is 13.2 Å². The van der Waals surface area contributed by atoms with E-state index in [0.29, 0.717) is 22.2 Å². The van der Waals surface area contributed by atoms with E-state index in [9.17, 15) is 23.5 Å². The highest BCUT2D eigenvalue weighted by atomic mass is 19.1. The van der Waals surface area contributed by atoms with Gasteiger partial charge in [0.25, 0.3) is 0 Å². The van der Waals surface area contributed by atoms with E-state index < -0.39 is 23.1 Å². The van der Waals surface area contributed by atoms with Gasteiger partial charge in [0.05, 0.1) is 24.2 Å². The Morgan fingerprint density at radius 3 is 2.29 bits per heavy atom. The zero-order valence-corrected chi connectivity index (χ0v) is 16.0. The van der Waals surface area contributed by atoms with Crippen LogP contribution in [0, 0.1) is 11.6 Å². The van der Waals surface area contributed by atoms with E-state index in [0.717, 1.165) is 11.1 Å². The largest absolute Gasteiger partial charge is 0.420 e. The van der Waals surface area contributed by atoms with Gasteiger partial charge in [-0.2, -0.15) is 0 Å². The molecule has 0 aliphatic rings. The highest BCUT2D eigenvalue weighted by Crippen LogP contribution is 2.17. The summed E-state index contributed by atoms with van der Waals surface area (Å²) in [5.74, 6) is -1.93. The molecule has 0 radical (unpaired) electrons. The van der Waals surface area contributed by atoms with Crippen LogP contribution in [-0.2, 0) is 13.2 Å². The van der Waals surface area contributed by atoms with Crippen LogP contribution in [-0.4, -0.2) is 14.7 Å². The van der Waals surface area contributed by atoms with Gasteiger partial charge in [0.15, 0.2) is 11.2 Å². The number of hydrogen-bond acceptors (Lipinski definition) is 5. The van der Waals surface area contributed by atoms with Crippen molar-refractivity contribution in [3.8, 4) is 0 Å². The molecule has 0 amide bonds. The van der Waals surface area contributed by atoms with Gasteiger partial charge < -0.3 is 13.9 Å². The molecule has 158 valence electrons. The summed E-state index contributed by atoms with van der Waals surface area (Å²) in [6.45, 7) is 0.112. The Morgan fingerprint density at radius 1 is 0.871 bits per heavy atom. The van der Waals surface area contributed by atoms with Crippen LogP contribution in [0.5, 0.6) is 0 Å². The van der Waals surface area contributed by atoms with Crippen molar-refractivity contribution in [1.29, 1.82) is 0 Å². The van der Waals surface area contributed by atoms with Crippen molar-refractivity contribution in [3.05, 3.63) is 105 Å². The van der Waals surface area contributed by atoms with Crippen molar-refractivity contribution in [2.75, 3.05) is 0 Å². The third kappa shape index (κ3) is 4.31. The molecular formula is C22H16F2N2O5. The van der Waals surface area contributed by atoms with Gasteiger partial charge in [0, 0.05) is 12.1 Å². The number of benzene rings is 3. The molecule has 9 heteroatoms. The van der Waals surface area contributed by atoms with Gasteiger partial charge in [0.2, 0.25) is 0 Å². The van der Waals surface area contributed by atoms with Crippen molar-refractivity contribution >= 4 is 22.2 Å². The van der Waals surface area contributed by atoms with E-state index >= 15 is 0 Å². The lowest BCUT2D eigenvalue weighted by Crippen LogP contribution is -2.15. The highest BCUT2D eigenvalue weighted by molar-refractivity contribution is 5.73. The summed E-state index contributed by atoms with van der Waals surface area (Å²) < 4.78 is 36.9. The van der Waals surface area contributed by atoms with Crippen LogP contribution in [0.4, 0.5) is 8.78 Å². The Labute approximate surface area is 172 Å². The number of aliphatic hydroxyl groups is 1. The maximum atomic E-state index is 13.3. The monoisotopic (exact) mass is 426 g/mol. The molecule has 2 N–H and O–H groups in total. The van der Waals surface area contributed by atoms with Gasteiger partial charge >= 0.3 is 11.5 Å². The Kier molecular flexibility index (Phi) is 5.50. The number of H-pyrrole nitrogens is 1. The van der Waals surface area contributed by atoms with Crippen LogP contribution < -0.4 is 11.5 Å². The Morgan fingerprint density at radius 2 is 1.55 bits per heavy atom. The molecule has 0 fully saturated rings. The number of aliphatic hydroxyl groups excluding tert-OH is 1. The van der Waals surface area contributed by atoms with Crippen molar-refractivity contribution in [3.63, 3.8) is 0 Å². The number of aromatic amines is 1. The van der Waals surface area contributed by atoms with Gasteiger partial charge in [-0.1, -0.05) is 24.3 Å². The molecule has 0 atom stereocenters. The smallest absolute Gasteiger partial charge is 0.408 e. The number of nitrogens with zero attached hydrogens (tertiary/aromatic N) is 1. The van der Waals surface area contributed by atoms with Gasteiger partial charge in [-0.25, -0.2) is 18.4 Å². The summed E-state index contributed by atoms with van der Waals surface area (Å²) in [7, 11) is 0. The third-order valence-electron chi connectivity index (χ3n) is 4.63. The number of hydrogen-bond donors (Lipinski definition) is 2. The molecule has 0 saturated heterocycles. The first-order valence-corrected chi connectivity index (χ1v) is 9.19. The number of fused-ring (bicyclic) bond motifs is 2. The molecule has 0 spiro atoms. The molecular weight excluding hydrogens is 410 g/mol. The lowest BCUT2D eigenvalue weighted by atomic mass is 10.1. The quantitative estimate of drug-likeness (QED) is 0.460. The summed E-state index contributed by atoms with van der Waals surface area (Å²) in [6, 6.07) is 15.0. The molecule has 3 aromatic carbocycles. The first-order chi connectivity index (χ1) is 14.9. The lowest BCUT2D eigenvalue weighted by Gasteiger charge is -2.07. The SMILES string of the molecule is O=c1[nH]c2cc(F)ccc2o1.O=c1oc2ccc(F)cc2n1Cc1ccccc1CO. The fourth-order valence-corrected chi connectivity index (χ4v) is 3.15. The number of nitrogens with one attached hydrogen (secondary N) is 1. The Hall–Kier alpha value is -3.98. The van der Waals surface area contributed by atoms with E-state index in [1.807, 2.05) is 18.2 Å². The predicted octanol–water partition coefficient (Wildman–Crippen LogP) is 3.53. The molecule has 7 nitrogen and oxygen atoms in total.